The molecule has 100 valence electrons. The number of para-hydroxylation sites is 2. The van der Waals surface area contributed by atoms with E-state index in [9.17, 15) is 5.11 Å². The lowest BCUT2D eigenvalue weighted by Crippen LogP contribution is -2.02. The zero-order valence-electron chi connectivity index (χ0n) is 11.0. The maximum atomic E-state index is 9.70. The normalized spacial score (nSPS) is 10.0. The van der Waals surface area contributed by atoms with Gasteiger partial charge in [0.15, 0.2) is 0 Å². The summed E-state index contributed by atoms with van der Waals surface area (Å²) in [5.41, 5.74) is 1.65. The first-order chi connectivity index (χ1) is 9.24. The van der Waals surface area contributed by atoms with Gasteiger partial charge in [-0.15, -0.1) is 0 Å². The van der Waals surface area contributed by atoms with E-state index >= 15 is 0 Å². The number of phenolic OH excluding ortho intramolecular Hbond substituents is 1. The Balaban J connectivity index is 2.16. The third-order valence-electron chi connectivity index (χ3n) is 2.86. The monoisotopic (exact) mass is 259 g/mol. The van der Waals surface area contributed by atoms with Crippen LogP contribution < -0.4 is 14.8 Å². The molecule has 0 aliphatic heterocycles. The first-order valence-corrected chi connectivity index (χ1v) is 5.97. The number of phenols is 1. The van der Waals surface area contributed by atoms with Gasteiger partial charge >= 0.3 is 0 Å². The second-order valence-corrected chi connectivity index (χ2v) is 4.05. The molecule has 2 aromatic carbocycles. The Morgan fingerprint density at radius 1 is 1.05 bits per heavy atom. The molecule has 0 atom stereocenters. The first kappa shape index (κ1) is 13.1. The fraction of sp³-hybridized carbons (Fsp3) is 0.200. The summed E-state index contributed by atoms with van der Waals surface area (Å²) in [4.78, 5) is 0. The summed E-state index contributed by atoms with van der Waals surface area (Å²) in [7, 11) is 3.26. The van der Waals surface area contributed by atoms with Crippen molar-refractivity contribution in [2.24, 2.45) is 0 Å². The van der Waals surface area contributed by atoms with Crippen molar-refractivity contribution >= 4 is 5.69 Å². The number of anilines is 1. The summed E-state index contributed by atoms with van der Waals surface area (Å²) < 4.78 is 10.5. The molecule has 4 nitrogen and oxygen atoms in total. The van der Waals surface area contributed by atoms with Gasteiger partial charge in [-0.25, -0.2) is 0 Å². The van der Waals surface area contributed by atoms with Crippen LogP contribution in [0.5, 0.6) is 17.2 Å². The van der Waals surface area contributed by atoms with Crippen molar-refractivity contribution in [3.8, 4) is 17.2 Å². The molecule has 0 saturated heterocycles. The molecule has 2 rings (SSSR count). The molecule has 0 unspecified atom stereocenters. The van der Waals surface area contributed by atoms with E-state index in [4.69, 9.17) is 9.47 Å². The Kier molecular flexibility index (Phi) is 4.13. The van der Waals surface area contributed by atoms with E-state index in [-0.39, 0.29) is 5.75 Å². The lowest BCUT2D eigenvalue weighted by molar-refractivity contribution is 0.399. The van der Waals surface area contributed by atoms with Crippen LogP contribution in [0.15, 0.2) is 42.5 Å². The third kappa shape index (κ3) is 3.10. The van der Waals surface area contributed by atoms with Gasteiger partial charge in [-0.3, -0.25) is 0 Å². The molecular formula is C15H17NO3. The molecule has 0 heterocycles. The number of benzene rings is 2. The molecule has 0 saturated carbocycles. The third-order valence-corrected chi connectivity index (χ3v) is 2.86. The molecule has 0 amide bonds. The number of rotatable bonds is 5. The SMILES string of the molecule is COc1ccc(OC)c(CNc2ccccc2O)c1. The standard InChI is InChI=1S/C15H17NO3/c1-18-12-7-8-15(19-2)11(9-12)10-16-13-5-3-4-6-14(13)17/h3-9,16-17H,10H2,1-2H3. The van der Waals surface area contributed by atoms with Crippen molar-refractivity contribution in [1.29, 1.82) is 0 Å². The smallest absolute Gasteiger partial charge is 0.138 e. The van der Waals surface area contributed by atoms with Crippen LogP contribution in [0, 0.1) is 0 Å². The predicted molar refractivity (Wildman–Crippen MR) is 75.0 cm³/mol. The number of aromatic hydroxyl groups is 1. The van der Waals surface area contributed by atoms with Gasteiger partial charge in [0.25, 0.3) is 0 Å². The molecule has 0 aliphatic rings. The zero-order chi connectivity index (χ0) is 13.7. The number of nitrogens with one attached hydrogen (secondary N) is 1. The van der Waals surface area contributed by atoms with Crippen LogP contribution in [0.1, 0.15) is 5.56 Å². The summed E-state index contributed by atoms with van der Waals surface area (Å²) in [6, 6.07) is 12.7. The highest BCUT2D eigenvalue weighted by atomic mass is 16.5. The van der Waals surface area contributed by atoms with Crippen LogP contribution in [0.2, 0.25) is 0 Å². The Labute approximate surface area is 112 Å². The van der Waals surface area contributed by atoms with Crippen LogP contribution in [0.4, 0.5) is 5.69 Å². The summed E-state index contributed by atoms with van der Waals surface area (Å²) in [5.74, 6) is 1.78. The molecule has 2 aromatic rings. The van der Waals surface area contributed by atoms with Gasteiger partial charge in [-0.2, -0.15) is 0 Å². The molecule has 0 radical (unpaired) electrons. The highest BCUT2D eigenvalue weighted by molar-refractivity contribution is 5.56. The summed E-state index contributed by atoms with van der Waals surface area (Å²) in [5, 5.41) is 12.9. The predicted octanol–water partition coefficient (Wildman–Crippen LogP) is 3.02. The van der Waals surface area contributed by atoms with Crippen LogP contribution in [0.3, 0.4) is 0 Å². The largest absolute Gasteiger partial charge is 0.506 e. The van der Waals surface area contributed by atoms with Crippen LogP contribution in [0.25, 0.3) is 0 Å². The van der Waals surface area contributed by atoms with E-state index in [1.165, 1.54) is 0 Å². The van der Waals surface area contributed by atoms with Gasteiger partial charge in [-0.05, 0) is 30.3 Å². The van der Waals surface area contributed by atoms with Gasteiger partial charge in [-0.1, -0.05) is 12.1 Å². The lowest BCUT2D eigenvalue weighted by Gasteiger charge is -2.12. The molecule has 0 fully saturated rings. The highest BCUT2D eigenvalue weighted by Gasteiger charge is 2.06. The maximum Gasteiger partial charge on any atom is 0.138 e. The van der Waals surface area contributed by atoms with Crippen molar-refractivity contribution in [3.63, 3.8) is 0 Å². The second kappa shape index (κ2) is 6.00. The molecule has 0 bridgehead atoms. The molecule has 0 spiro atoms. The quantitative estimate of drug-likeness (QED) is 0.810. The van der Waals surface area contributed by atoms with Crippen molar-refractivity contribution in [3.05, 3.63) is 48.0 Å². The number of methoxy groups -OCH3 is 2. The average Bonchev–Trinajstić information content (AvgIpc) is 2.46. The van der Waals surface area contributed by atoms with Gasteiger partial charge in [0.1, 0.15) is 17.2 Å². The second-order valence-electron chi connectivity index (χ2n) is 4.05. The fourth-order valence-electron chi connectivity index (χ4n) is 1.83. The Morgan fingerprint density at radius 2 is 1.84 bits per heavy atom. The first-order valence-electron chi connectivity index (χ1n) is 5.97. The minimum Gasteiger partial charge on any atom is -0.506 e. The van der Waals surface area contributed by atoms with E-state index in [0.717, 1.165) is 17.1 Å². The molecular weight excluding hydrogens is 242 g/mol. The van der Waals surface area contributed by atoms with Gasteiger partial charge < -0.3 is 19.9 Å². The summed E-state index contributed by atoms with van der Waals surface area (Å²) in [6.45, 7) is 0.540. The van der Waals surface area contributed by atoms with Crippen molar-refractivity contribution in [2.45, 2.75) is 6.54 Å². The topological polar surface area (TPSA) is 50.7 Å². The lowest BCUT2D eigenvalue weighted by atomic mass is 10.1. The van der Waals surface area contributed by atoms with Crippen LogP contribution in [-0.2, 0) is 6.54 Å². The van der Waals surface area contributed by atoms with Gasteiger partial charge in [0.05, 0.1) is 19.9 Å². The van der Waals surface area contributed by atoms with Crippen molar-refractivity contribution in [1.82, 2.24) is 0 Å². The fourth-order valence-corrected chi connectivity index (χ4v) is 1.83. The summed E-state index contributed by atoms with van der Waals surface area (Å²) in [6.07, 6.45) is 0. The van der Waals surface area contributed by atoms with E-state index in [2.05, 4.69) is 5.32 Å². The van der Waals surface area contributed by atoms with E-state index in [1.54, 1.807) is 26.4 Å². The zero-order valence-corrected chi connectivity index (χ0v) is 11.0. The number of hydrogen-bond acceptors (Lipinski definition) is 4. The maximum absolute atomic E-state index is 9.70. The van der Waals surface area contributed by atoms with Crippen LogP contribution >= 0.6 is 0 Å². The minimum atomic E-state index is 0.226. The highest BCUT2D eigenvalue weighted by Crippen LogP contribution is 2.27. The molecule has 19 heavy (non-hydrogen) atoms. The Bertz CT molecular complexity index is 555. The summed E-state index contributed by atoms with van der Waals surface area (Å²) >= 11 is 0. The molecule has 2 N–H and O–H groups in total. The number of ether oxygens (including phenoxy) is 2. The van der Waals surface area contributed by atoms with E-state index in [1.807, 2.05) is 30.3 Å². The average molecular weight is 259 g/mol. The Morgan fingerprint density at radius 3 is 2.53 bits per heavy atom. The van der Waals surface area contributed by atoms with Gasteiger partial charge in [0.2, 0.25) is 0 Å². The van der Waals surface area contributed by atoms with Crippen molar-refractivity contribution in [2.75, 3.05) is 19.5 Å². The molecule has 4 heteroatoms. The Hall–Kier alpha value is -2.36. The molecule has 0 aliphatic carbocycles. The van der Waals surface area contributed by atoms with E-state index < -0.39 is 0 Å². The number of hydrogen-bond donors (Lipinski definition) is 2. The van der Waals surface area contributed by atoms with Gasteiger partial charge in [0, 0.05) is 12.1 Å². The molecule has 0 aromatic heterocycles. The van der Waals surface area contributed by atoms with Crippen molar-refractivity contribution < 1.29 is 14.6 Å². The minimum absolute atomic E-state index is 0.226. The van der Waals surface area contributed by atoms with E-state index in [0.29, 0.717) is 12.2 Å². The van der Waals surface area contributed by atoms with Crippen LogP contribution in [-0.4, -0.2) is 19.3 Å².